The molecule has 0 spiro atoms. The lowest BCUT2D eigenvalue weighted by molar-refractivity contribution is -0.163. The predicted molar refractivity (Wildman–Crippen MR) is 54.0 cm³/mol. The van der Waals surface area contributed by atoms with Gasteiger partial charge >= 0.3 is 0 Å². The van der Waals surface area contributed by atoms with Crippen LogP contribution >= 0.6 is 0 Å². The van der Waals surface area contributed by atoms with Crippen molar-refractivity contribution in [3.8, 4) is 0 Å². The summed E-state index contributed by atoms with van der Waals surface area (Å²) in [5, 5.41) is 0. The van der Waals surface area contributed by atoms with Crippen LogP contribution in [0.15, 0.2) is 0 Å². The van der Waals surface area contributed by atoms with Gasteiger partial charge in [0.1, 0.15) is 6.29 Å². The molecule has 1 rings (SSSR count). The molecule has 0 saturated carbocycles. The van der Waals surface area contributed by atoms with Crippen molar-refractivity contribution in [1.29, 1.82) is 0 Å². The highest BCUT2D eigenvalue weighted by molar-refractivity contribution is 5.49. The molecule has 1 unspecified atom stereocenters. The van der Waals surface area contributed by atoms with E-state index in [0.29, 0.717) is 18.9 Å². The molecular formula is C11H20O3. The molecule has 0 radical (unpaired) electrons. The number of carbonyl (C=O) groups excluding carboxylic acids is 1. The molecule has 1 heterocycles. The quantitative estimate of drug-likeness (QED) is 0.616. The second-order valence-electron chi connectivity index (χ2n) is 3.96. The second-order valence-corrected chi connectivity index (χ2v) is 3.96. The standard InChI is InChI=1S/C11H20O3/c1-10(5-7-12)6-9-14-11-4-2-3-8-13-11/h7,10-11H,2-6,8-9H2,1H3/t10-,11?/m0/s1. The van der Waals surface area contributed by atoms with E-state index in [-0.39, 0.29) is 6.29 Å². The van der Waals surface area contributed by atoms with Crippen molar-refractivity contribution in [1.82, 2.24) is 0 Å². The van der Waals surface area contributed by atoms with E-state index in [1.54, 1.807) is 0 Å². The lowest BCUT2D eigenvalue weighted by Crippen LogP contribution is -2.23. The SMILES string of the molecule is C[C@@H](CC=O)CCOC1CCCCO1. The summed E-state index contributed by atoms with van der Waals surface area (Å²) in [6.07, 6.45) is 5.93. The molecule has 1 aliphatic heterocycles. The van der Waals surface area contributed by atoms with Gasteiger partial charge in [0.2, 0.25) is 0 Å². The zero-order valence-corrected chi connectivity index (χ0v) is 8.91. The van der Waals surface area contributed by atoms with Crippen LogP contribution in [0.5, 0.6) is 0 Å². The van der Waals surface area contributed by atoms with Crippen LogP contribution in [0.25, 0.3) is 0 Å². The molecule has 2 atom stereocenters. The summed E-state index contributed by atoms with van der Waals surface area (Å²) >= 11 is 0. The third-order valence-corrected chi connectivity index (χ3v) is 2.55. The minimum Gasteiger partial charge on any atom is -0.353 e. The second kappa shape index (κ2) is 6.96. The van der Waals surface area contributed by atoms with Gasteiger partial charge in [0.05, 0.1) is 0 Å². The van der Waals surface area contributed by atoms with Crippen molar-refractivity contribution in [2.24, 2.45) is 5.92 Å². The summed E-state index contributed by atoms with van der Waals surface area (Å²) in [5.41, 5.74) is 0. The van der Waals surface area contributed by atoms with Gasteiger partial charge < -0.3 is 14.3 Å². The van der Waals surface area contributed by atoms with Crippen LogP contribution in [0.1, 0.15) is 39.0 Å². The average molecular weight is 200 g/mol. The maximum absolute atomic E-state index is 10.2. The van der Waals surface area contributed by atoms with Gasteiger partial charge in [-0.05, 0) is 31.6 Å². The van der Waals surface area contributed by atoms with Crippen LogP contribution in [-0.2, 0) is 14.3 Å². The van der Waals surface area contributed by atoms with E-state index in [1.165, 1.54) is 6.42 Å². The molecule has 0 aromatic rings. The van der Waals surface area contributed by atoms with E-state index in [2.05, 4.69) is 6.92 Å². The van der Waals surface area contributed by atoms with E-state index < -0.39 is 0 Å². The third-order valence-electron chi connectivity index (χ3n) is 2.55. The van der Waals surface area contributed by atoms with E-state index in [9.17, 15) is 4.79 Å². The van der Waals surface area contributed by atoms with Gasteiger partial charge in [-0.15, -0.1) is 0 Å². The van der Waals surface area contributed by atoms with E-state index in [4.69, 9.17) is 9.47 Å². The van der Waals surface area contributed by atoms with E-state index in [0.717, 1.165) is 32.2 Å². The van der Waals surface area contributed by atoms with Gasteiger partial charge in [-0.25, -0.2) is 0 Å². The van der Waals surface area contributed by atoms with Gasteiger partial charge in [0.25, 0.3) is 0 Å². The zero-order chi connectivity index (χ0) is 10.2. The first-order chi connectivity index (χ1) is 6.83. The van der Waals surface area contributed by atoms with Crippen molar-refractivity contribution in [2.45, 2.75) is 45.3 Å². The summed E-state index contributed by atoms with van der Waals surface area (Å²) in [6, 6.07) is 0. The Hall–Kier alpha value is -0.410. The minimum absolute atomic E-state index is 0.00665. The molecule has 1 aliphatic rings. The monoisotopic (exact) mass is 200 g/mol. The molecule has 14 heavy (non-hydrogen) atoms. The van der Waals surface area contributed by atoms with Gasteiger partial charge in [0.15, 0.2) is 6.29 Å². The lowest BCUT2D eigenvalue weighted by atomic mass is 10.1. The number of hydrogen-bond acceptors (Lipinski definition) is 3. The minimum atomic E-state index is 0.00665. The van der Waals surface area contributed by atoms with Crippen LogP contribution < -0.4 is 0 Å². The molecule has 0 aromatic heterocycles. The molecule has 0 aromatic carbocycles. The Morgan fingerprint density at radius 2 is 2.43 bits per heavy atom. The number of carbonyl (C=O) groups is 1. The zero-order valence-electron chi connectivity index (χ0n) is 8.91. The fourth-order valence-corrected chi connectivity index (χ4v) is 1.53. The maximum Gasteiger partial charge on any atom is 0.157 e. The molecule has 0 bridgehead atoms. The summed E-state index contributed by atoms with van der Waals surface area (Å²) < 4.78 is 11.0. The molecule has 0 aliphatic carbocycles. The Balaban J connectivity index is 1.99. The first-order valence-corrected chi connectivity index (χ1v) is 5.49. The Morgan fingerprint density at radius 3 is 3.07 bits per heavy atom. The van der Waals surface area contributed by atoms with Crippen molar-refractivity contribution in [3.63, 3.8) is 0 Å². The van der Waals surface area contributed by atoms with Crippen molar-refractivity contribution < 1.29 is 14.3 Å². The van der Waals surface area contributed by atoms with Crippen LogP contribution in [0.4, 0.5) is 0 Å². The number of rotatable bonds is 6. The summed E-state index contributed by atoms with van der Waals surface area (Å²) in [4.78, 5) is 10.2. The van der Waals surface area contributed by atoms with Crippen LogP contribution in [-0.4, -0.2) is 25.8 Å². The maximum atomic E-state index is 10.2. The molecule has 1 fully saturated rings. The lowest BCUT2D eigenvalue weighted by Gasteiger charge is -2.23. The first-order valence-electron chi connectivity index (χ1n) is 5.49. The smallest absolute Gasteiger partial charge is 0.157 e. The van der Waals surface area contributed by atoms with Crippen LogP contribution in [0, 0.1) is 5.92 Å². The Kier molecular flexibility index (Phi) is 5.80. The predicted octanol–water partition coefficient (Wildman–Crippen LogP) is 2.14. The van der Waals surface area contributed by atoms with E-state index >= 15 is 0 Å². The summed E-state index contributed by atoms with van der Waals surface area (Å²) in [6.45, 7) is 3.60. The highest BCUT2D eigenvalue weighted by Gasteiger charge is 2.13. The van der Waals surface area contributed by atoms with Gasteiger partial charge in [-0.3, -0.25) is 0 Å². The highest BCUT2D eigenvalue weighted by Crippen LogP contribution is 2.15. The van der Waals surface area contributed by atoms with Gasteiger partial charge in [0, 0.05) is 19.6 Å². The number of ether oxygens (including phenoxy) is 2. The van der Waals surface area contributed by atoms with Crippen molar-refractivity contribution >= 4 is 6.29 Å². The van der Waals surface area contributed by atoms with Gasteiger partial charge in [-0.2, -0.15) is 0 Å². The van der Waals surface area contributed by atoms with E-state index in [1.807, 2.05) is 0 Å². The molecule has 1 saturated heterocycles. The molecule has 3 heteroatoms. The Labute approximate surface area is 85.8 Å². The number of aldehydes is 1. The first kappa shape index (κ1) is 11.7. The fraction of sp³-hybridized carbons (Fsp3) is 0.909. The molecule has 0 amide bonds. The highest BCUT2D eigenvalue weighted by atomic mass is 16.7. The molecule has 0 N–H and O–H groups in total. The average Bonchev–Trinajstić information content (AvgIpc) is 2.20. The van der Waals surface area contributed by atoms with Crippen LogP contribution in [0.3, 0.4) is 0 Å². The normalized spacial score (nSPS) is 24.5. The Bertz CT molecular complexity index is 153. The molecular weight excluding hydrogens is 180 g/mol. The molecule has 3 nitrogen and oxygen atoms in total. The molecule has 82 valence electrons. The van der Waals surface area contributed by atoms with Gasteiger partial charge in [-0.1, -0.05) is 6.92 Å². The van der Waals surface area contributed by atoms with Crippen molar-refractivity contribution in [2.75, 3.05) is 13.2 Å². The summed E-state index contributed by atoms with van der Waals surface area (Å²) in [5.74, 6) is 0.427. The number of hydrogen-bond donors (Lipinski definition) is 0. The van der Waals surface area contributed by atoms with Crippen LogP contribution in [0.2, 0.25) is 0 Å². The Morgan fingerprint density at radius 1 is 1.57 bits per heavy atom. The third kappa shape index (κ3) is 4.72. The van der Waals surface area contributed by atoms with Crippen molar-refractivity contribution in [3.05, 3.63) is 0 Å². The topological polar surface area (TPSA) is 35.5 Å². The summed E-state index contributed by atoms with van der Waals surface area (Å²) in [7, 11) is 0. The fourth-order valence-electron chi connectivity index (χ4n) is 1.53. The largest absolute Gasteiger partial charge is 0.353 e.